The molecular formula is C13H21BrN2OS. The fraction of sp³-hybridized carbons (Fsp3) is 0.692. The third-order valence-electron chi connectivity index (χ3n) is 3.32. The van der Waals surface area contributed by atoms with Crippen molar-refractivity contribution in [2.24, 2.45) is 5.73 Å². The van der Waals surface area contributed by atoms with Crippen molar-refractivity contribution in [1.82, 2.24) is 4.90 Å². The van der Waals surface area contributed by atoms with Crippen molar-refractivity contribution in [3.05, 3.63) is 20.3 Å². The number of ether oxygens (including phenoxy) is 1. The third-order valence-corrected chi connectivity index (χ3v) is 5.55. The summed E-state index contributed by atoms with van der Waals surface area (Å²) in [7, 11) is 0. The Bertz CT molecular complexity index is 380. The number of nitrogens with zero attached hydrogens (tertiary/aromatic N) is 1. The van der Waals surface area contributed by atoms with E-state index in [1.165, 1.54) is 14.2 Å². The molecule has 1 aliphatic rings. The largest absolute Gasteiger partial charge is 0.373 e. The van der Waals surface area contributed by atoms with Crippen LogP contribution in [-0.2, 0) is 4.74 Å². The van der Waals surface area contributed by atoms with Crippen LogP contribution in [0.4, 0.5) is 0 Å². The number of nitrogens with two attached hydrogens (primary N) is 1. The summed E-state index contributed by atoms with van der Waals surface area (Å²) in [4.78, 5) is 5.12. The van der Waals surface area contributed by atoms with Crippen LogP contribution in [0.1, 0.15) is 29.6 Å². The van der Waals surface area contributed by atoms with E-state index in [1.807, 2.05) is 11.3 Å². The molecule has 5 heteroatoms. The van der Waals surface area contributed by atoms with Crippen molar-refractivity contribution < 1.29 is 4.74 Å². The lowest BCUT2D eigenvalue weighted by atomic mass is 10.1. The Morgan fingerprint density at radius 1 is 1.50 bits per heavy atom. The van der Waals surface area contributed by atoms with Crippen molar-refractivity contribution in [3.8, 4) is 0 Å². The van der Waals surface area contributed by atoms with Crippen LogP contribution in [-0.4, -0.2) is 36.7 Å². The molecule has 2 N–H and O–H groups in total. The molecule has 1 aromatic rings. The minimum Gasteiger partial charge on any atom is -0.373 e. The van der Waals surface area contributed by atoms with Gasteiger partial charge in [0, 0.05) is 33.9 Å². The van der Waals surface area contributed by atoms with Crippen molar-refractivity contribution >= 4 is 27.3 Å². The van der Waals surface area contributed by atoms with E-state index < -0.39 is 0 Å². The number of hydrogen-bond acceptors (Lipinski definition) is 4. The van der Waals surface area contributed by atoms with Gasteiger partial charge in [-0.2, -0.15) is 0 Å². The SMILES string of the molecule is Cc1sc(C(CN)N2C[C@@H](C)O[C@@H](C)C2)cc1Br. The summed E-state index contributed by atoms with van der Waals surface area (Å²) in [6, 6.07) is 2.52. The number of hydrogen-bond donors (Lipinski definition) is 1. The van der Waals surface area contributed by atoms with E-state index in [0.29, 0.717) is 12.6 Å². The quantitative estimate of drug-likeness (QED) is 0.924. The smallest absolute Gasteiger partial charge is 0.0678 e. The molecule has 0 amide bonds. The van der Waals surface area contributed by atoms with Crippen LogP contribution in [0.5, 0.6) is 0 Å². The van der Waals surface area contributed by atoms with Gasteiger partial charge in [-0.15, -0.1) is 11.3 Å². The normalized spacial score (nSPS) is 27.4. The number of rotatable bonds is 3. The van der Waals surface area contributed by atoms with Gasteiger partial charge in [0.25, 0.3) is 0 Å². The molecule has 1 fully saturated rings. The van der Waals surface area contributed by atoms with Gasteiger partial charge in [-0.3, -0.25) is 4.90 Å². The standard InChI is InChI=1S/C13H21BrN2OS/c1-8-6-16(7-9(2)17-8)12(5-15)13-4-11(14)10(3)18-13/h4,8-9,12H,5-7,15H2,1-3H3/t8-,9+,12?. The molecule has 1 unspecified atom stereocenters. The van der Waals surface area contributed by atoms with Crippen LogP contribution in [0.25, 0.3) is 0 Å². The summed E-state index contributed by atoms with van der Waals surface area (Å²) in [6.45, 7) is 8.97. The summed E-state index contributed by atoms with van der Waals surface area (Å²) in [5, 5.41) is 0. The van der Waals surface area contributed by atoms with Crippen molar-refractivity contribution in [3.63, 3.8) is 0 Å². The molecule has 1 aromatic heterocycles. The molecule has 0 aromatic carbocycles. The molecule has 18 heavy (non-hydrogen) atoms. The summed E-state index contributed by atoms with van der Waals surface area (Å²) >= 11 is 5.42. The molecule has 2 heterocycles. The van der Waals surface area contributed by atoms with Crippen LogP contribution in [0, 0.1) is 6.92 Å². The van der Waals surface area contributed by atoms with Gasteiger partial charge < -0.3 is 10.5 Å². The second kappa shape index (κ2) is 6.01. The molecular weight excluding hydrogens is 312 g/mol. The molecule has 102 valence electrons. The van der Waals surface area contributed by atoms with Gasteiger partial charge in [0.15, 0.2) is 0 Å². The summed E-state index contributed by atoms with van der Waals surface area (Å²) < 4.78 is 6.98. The monoisotopic (exact) mass is 332 g/mol. The minimum atomic E-state index is 0.285. The molecule has 1 saturated heterocycles. The van der Waals surface area contributed by atoms with E-state index in [0.717, 1.165) is 13.1 Å². The molecule has 1 aliphatic heterocycles. The zero-order chi connectivity index (χ0) is 13.3. The summed E-state index contributed by atoms with van der Waals surface area (Å²) in [5.74, 6) is 0. The molecule has 3 nitrogen and oxygen atoms in total. The Kier molecular flexibility index (Phi) is 4.83. The predicted molar refractivity (Wildman–Crippen MR) is 80.1 cm³/mol. The summed E-state index contributed by atoms with van der Waals surface area (Å²) in [5.41, 5.74) is 5.99. The van der Waals surface area contributed by atoms with Gasteiger partial charge in [-0.05, 0) is 42.8 Å². The van der Waals surface area contributed by atoms with E-state index >= 15 is 0 Å². The highest BCUT2D eigenvalue weighted by Gasteiger charge is 2.29. The van der Waals surface area contributed by atoms with E-state index in [9.17, 15) is 0 Å². The van der Waals surface area contributed by atoms with E-state index in [4.69, 9.17) is 10.5 Å². The van der Waals surface area contributed by atoms with Crippen LogP contribution < -0.4 is 5.73 Å². The van der Waals surface area contributed by atoms with Gasteiger partial charge in [0.2, 0.25) is 0 Å². The van der Waals surface area contributed by atoms with Crippen LogP contribution in [0.15, 0.2) is 10.5 Å². The molecule has 3 atom stereocenters. The lowest BCUT2D eigenvalue weighted by molar-refractivity contribution is -0.0795. The number of thiophene rings is 1. The molecule has 0 bridgehead atoms. The maximum absolute atomic E-state index is 5.99. The van der Waals surface area contributed by atoms with Crippen molar-refractivity contribution in [2.75, 3.05) is 19.6 Å². The van der Waals surface area contributed by atoms with Crippen LogP contribution >= 0.6 is 27.3 Å². The van der Waals surface area contributed by atoms with Gasteiger partial charge in [-0.25, -0.2) is 0 Å². The fourth-order valence-corrected chi connectivity index (χ4v) is 4.27. The topological polar surface area (TPSA) is 38.5 Å². The highest BCUT2D eigenvalue weighted by Crippen LogP contribution is 2.34. The van der Waals surface area contributed by atoms with Crippen LogP contribution in [0.3, 0.4) is 0 Å². The third kappa shape index (κ3) is 3.14. The maximum atomic E-state index is 5.99. The first-order valence-electron chi connectivity index (χ1n) is 6.36. The van der Waals surface area contributed by atoms with E-state index in [1.54, 1.807) is 0 Å². The van der Waals surface area contributed by atoms with Crippen molar-refractivity contribution in [1.29, 1.82) is 0 Å². The Morgan fingerprint density at radius 2 is 2.11 bits per heavy atom. The maximum Gasteiger partial charge on any atom is 0.0678 e. The second-order valence-electron chi connectivity index (χ2n) is 5.02. The molecule has 0 saturated carbocycles. The lowest BCUT2D eigenvalue weighted by Gasteiger charge is -2.39. The molecule has 0 spiro atoms. The first-order chi connectivity index (χ1) is 8.51. The van der Waals surface area contributed by atoms with Crippen molar-refractivity contribution in [2.45, 2.75) is 39.0 Å². The van der Waals surface area contributed by atoms with Gasteiger partial charge in [-0.1, -0.05) is 0 Å². The Morgan fingerprint density at radius 3 is 2.56 bits per heavy atom. The first-order valence-corrected chi connectivity index (χ1v) is 7.97. The predicted octanol–water partition coefficient (Wildman–Crippen LogP) is 2.93. The number of halogens is 1. The lowest BCUT2D eigenvalue weighted by Crippen LogP contribution is -2.48. The first kappa shape index (κ1) is 14.5. The zero-order valence-corrected chi connectivity index (χ0v) is 13.6. The van der Waals surface area contributed by atoms with Gasteiger partial charge in [0.1, 0.15) is 0 Å². The number of aryl methyl sites for hydroxylation is 1. The molecule has 2 rings (SSSR count). The number of morpholine rings is 1. The Labute approximate surface area is 121 Å². The van der Waals surface area contributed by atoms with Gasteiger partial charge >= 0.3 is 0 Å². The minimum absolute atomic E-state index is 0.285. The highest BCUT2D eigenvalue weighted by molar-refractivity contribution is 9.10. The summed E-state index contributed by atoms with van der Waals surface area (Å²) in [6.07, 6.45) is 0.569. The Hall–Kier alpha value is 0.0600. The average Bonchev–Trinajstić information content (AvgIpc) is 2.58. The van der Waals surface area contributed by atoms with Gasteiger partial charge in [0.05, 0.1) is 18.2 Å². The molecule has 0 radical (unpaired) electrons. The van der Waals surface area contributed by atoms with E-state index in [-0.39, 0.29) is 12.2 Å². The average molecular weight is 333 g/mol. The Balaban J connectivity index is 2.17. The highest BCUT2D eigenvalue weighted by atomic mass is 79.9. The zero-order valence-electron chi connectivity index (χ0n) is 11.1. The molecule has 0 aliphatic carbocycles. The van der Waals surface area contributed by atoms with E-state index in [2.05, 4.69) is 47.7 Å². The van der Waals surface area contributed by atoms with Crippen LogP contribution in [0.2, 0.25) is 0 Å². The second-order valence-corrected chi connectivity index (χ2v) is 7.16. The fourth-order valence-electron chi connectivity index (χ4n) is 2.56.